The van der Waals surface area contributed by atoms with E-state index in [1.54, 1.807) is 0 Å². The molecule has 15 heavy (non-hydrogen) atoms. The summed E-state index contributed by atoms with van der Waals surface area (Å²) >= 11 is 0. The van der Waals surface area contributed by atoms with Crippen LogP contribution in [0.3, 0.4) is 0 Å². The molecule has 1 unspecified atom stereocenters. The Morgan fingerprint density at radius 3 is 3.00 bits per heavy atom. The Morgan fingerprint density at radius 2 is 2.27 bits per heavy atom. The minimum atomic E-state index is 0.565. The second-order valence-electron chi connectivity index (χ2n) is 3.94. The van der Waals surface area contributed by atoms with Gasteiger partial charge in [-0.2, -0.15) is 0 Å². The summed E-state index contributed by atoms with van der Waals surface area (Å²) in [5.74, 6) is 0.565. The molecule has 0 saturated carbocycles. The summed E-state index contributed by atoms with van der Waals surface area (Å²) < 4.78 is 10.9. The molecule has 2 N–H and O–H groups in total. The van der Waals surface area contributed by atoms with Gasteiger partial charge in [0, 0.05) is 23.8 Å². The fourth-order valence-corrected chi connectivity index (χ4v) is 1.72. The summed E-state index contributed by atoms with van der Waals surface area (Å²) in [5.41, 5.74) is 7.68. The van der Waals surface area contributed by atoms with Crippen molar-refractivity contribution in [3.63, 3.8) is 0 Å². The van der Waals surface area contributed by atoms with E-state index in [-0.39, 0.29) is 0 Å². The van der Waals surface area contributed by atoms with Gasteiger partial charge in [0.05, 0.1) is 19.8 Å². The van der Waals surface area contributed by atoms with Crippen LogP contribution in [0.1, 0.15) is 12.0 Å². The second-order valence-corrected chi connectivity index (χ2v) is 3.94. The van der Waals surface area contributed by atoms with Crippen molar-refractivity contribution < 1.29 is 9.47 Å². The lowest BCUT2D eigenvalue weighted by Gasteiger charge is -2.09. The molecule has 0 aliphatic carbocycles. The minimum absolute atomic E-state index is 0.565. The topological polar surface area (TPSA) is 44.5 Å². The first-order valence-corrected chi connectivity index (χ1v) is 5.35. The highest BCUT2D eigenvalue weighted by Crippen LogP contribution is 2.15. The molecule has 1 aliphatic heterocycles. The third-order valence-electron chi connectivity index (χ3n) is 2.69. The highest BCUT2D eigenvalue weighted by Gasteiger charge is 2.15. The molecule has 1 saturated heterocycles. The van der Waals surface area contributed by atoms with E-state index in [0.717, 1.165) is 37.5 Å². The van der Waals surface area contributed by atoms with Crippen LogP contribution in [-0.2, 0) is 16.1 Å². The van der Waals surface area contributed by atoms with Gasteiger partial charge in [0.1, 0.15) is 0 Å². The van der Waals surface area contributed by atoms with Crippen molar-refractivity contribution in [2.24, 2.45) is 5.92 Å². The molecule has 0 bridgehead atoms. The normalized spacial score (nSPS) is 20.7. The summed E-state index contributed by atoms with van der Waals surface area (Å²) in [6.45, 7) is 3.09. The third-order valence-corrected chi connectivity index (χ3v) is 2.69. The molecule has 82 valence electrons. The Balaban J connectivity index is 1.75. The van der Waals surface area contributed by atoms with Gasteiger partial charge in [-0.3, -0.25) is 0 Å². The molecule has 1 aliphatic rings. The summed E-state index contributed by atoms with van der Waals surface area (Å²) in [6, 6.07) is 7.81. The van der Waals surface area contributed by atoms with E-state index in [9.17, 15) is 0 Å². The molecular weight excluding hydrogens is 190 g/mol. The number of nitrogen functional groups attached to an aromatic ring is 1. The third kappa shape index (κ3) is 2.94. The molecule has 1 aromatic rings. The smallest absolute Gasteiger partial charge is 0.0737 e. The van der Waals surface area contributed by atoms with Gasteiger partial charge in [0.25, 0.3) is 0 Å². The van der Waals surface area contributed by atoms with Gasteiger partial charge in [0.15, 0.2) is 0 Å². The van der Waals surface area contributed by atoms with Crippen molar-refractivity contribution in [2.45, 2.75) is 13.0 Å². The molecule has 0 amide bonds. The largest absolute Gasteiger partial charge is 0.398 e. The monoisotopic (exact) mass is 207 g/mol. The van der Waals surface area contributed by atoms with Crippen molar-refractivity contribution >= 4 is 5.69 Å². The lowest BCUT2D eigenvalue weighted by molar-refractivity contribution is 0.0794. The molecule has 0 aromatic heterocycles. The Kier molecular flexibility index (Phi) is 3.59. The van der Waals surface area contributed by atoms with Gasteiger partial charge in [-0.25, -0.2) is 0 Å². The van der Waals surface area contributed by atoms with Crippen LogP contribution in [0.15, 0.2) is 24.3 Å². The Hall–Kier alpha value is -1.06. The van der Waals surface area contributed by atoms with E-state index in [1.165, 1.54) is 0 Å². The zero-order valence-corrected chi connectivity index (χ0v) is 8.82. The van der Waals surface area contributed by atoms with Crippen LogP contribution in [0, 0.1) is 5.92 Å². The molecule has 1 atom stereocenters. The van der Waals surface area contributed by atoms with Crippen LogP contribution in [0.4, 0.5) is 5.69 Å². The van der Waals surface area contributed by atoms with Gasteiger partial charge in [-0.05, 0) is 12.5 Å². The van der Waals surface area contributed by atoms with E-state index in [4.69, 9.17) is 15.2 Å². The molecule has 1 heterocycles. The van der Waals surface area contributed by atoms with Crippen LogP contribution in [0.25, 0.3) is 0 Å². The standard InChI is InChI=1S/C12H17NO2/c13-12-4-2-1-3-11(12)9-15-8-10-5-6-14-7-10/h1-4,10H,5-9,13H2. The Labute approximate surface area is 90.2 Å². The van der Waals surface area contributed by atoms with E-state index in [0.29, 0.717) is 12.5 Å². The maximum atomic E-state index is 5.81. The molecule has 3 nitrogen and oxygen atoms in total. The average Bonchev–Trinajstić information content (AvgIpc) is 2.74. The lowest BCUT2D eigenvalue weighted by Crippen LogP contribution is -2.09. The van der Waals surface area contributed by atoms with Gasteiger partial charge < -0.3 is 15.2 Å². The lowest BCUT2D eigenvalue weighted by atomic mass is 10.1. The zero-order valence-electron chi connectivity index (χ0n) is 8.82. The van der Waals surface area contributed by atoms with Crippen molar-refractivity contribution in [2.75, 3.05) is 25.6 Å². The van der Waals surface area contributed by atoms with E-state index >= 15 is 0 Å². The Bertz CT molecular complexity index is 308. The molecule has 3 heteroatoms. The van der Waals surface area contributed by atoms with Gasteiger partial charge in [-0.1, -0.05) is 18.2 Å². The van der Waals surface area contributed by atoms with Crippen LogP contribution in [0.2, 0.25) is 0 Å². The minimum Gasteiger partial charge on any atom is -0.398 e. The Morgan fingerprint density at radius 1 is 1.40 bits per heavy atom. The highest BCUT2D eigenvalue weighted by atomic mass is 16.5. The SMILES string of the molecule is Nc1ccccc1COCC1CCOC1. The van der Waals surface area contributed by atoms with Crippen molar-refractivity contribution in [3.8, 4) is 0 Å². The number of hydrogen-bond donors (Lipinski definition) is 1. The molecule has 2 rings (SSSR count). The number of nitrogens with two attached hydrogens (primary N) is 1. The number of rotatable bonds is 4. The first-order chi connectivity index (χ1) is 7.36. The summed E-state index contributed by atoms with van der Waals surface area (Å²) in [7, 11) is 0. The fourth-order valence-electron chi connectivity index (χ4n) is 1.72. The number of ether oxygens (including phenoxy) is 2. The first-order valence-electron chi connectivity index (χ1n) is 5.35. The first kappa shape index (κ1) is 10.5. The molecule has 1 aromatic carbocycles. The quantitative estimate of drug-likeness (QED) is 0.766. The maximum absolute atomic E-state index is 5.81. The summed E-state index contributed by atoms with van der Waals surface area (Å²) in [5, 5.41) is 0. The maximum Gasteiger partial charge on any atom is 0.0737 e. The average molecular weight is 207 g/mol. The van der Waals surface area contributed by atoms with Crippen LogP contribution in [0.5, 0.6) is 0 Å². The number of hydrogen-bond acceptors (Lipinski definition) is 3. The predicted octanol–water partition coefficient (Wildman–Crippen LogP) is 1.82. The van der Waals surface area contributed by atoms with Gasteiger partial charge in [0.2, 0.25) is 0 Å². The van der Waals surface area contributed by atoms with E-state index in [1.807, 2.05) is 24.3 Å². The number of anilines is 1. The number of benzene rings is 1. The van der Waals surface area contributed by atoms with E-state index in [2.05, 4.69) is 0 Å². The number of para-hydroxylation sites is 1. The molecule has 0 spiro atoms. The van der Waals surface area contributed by atoms with Crippen LogP contribution < -0.4 is 5.73 Å². The zero-order chi connectivity index (χ0) is 10.5. The van der Waals surface area contributed by atoms with Crippen molar-refractivity contribution in [3.05, 3.63) is 29.8 Å². The van der Waals surface area contributed by atoms with Crippen molar-refractivity contribution in [1.82, 2.24) is 0 Å². The van der Waals surface area contributed by atoms with Gasteiger partial charge >= 0.3 is 0 Å². The summed E-state index contributed by atoms with van der Waals surface area (Å²) in [4.78, 5) is 0. The van der Waals surface area contributed by atoms with Crippen molar-refractivity contribution in [1.29, 1.82) is 0 Å². The predicted molar refractivity (Wildman–Crippen MR) is 59.4 cm³/mol. The highest BCUT2D eigenvalue weighted by molar-refractivity contribution is 5.45. The summed E-state index contributed by atoms with van der Waals surface area (Å²) in [6.07, 6.45) is 1.12. The van der Waals surface area contributed by atoms with Crippen LogP contribution >= 0.6 is 0 Å². The molecular formula is C12H17NO2. The molecule has 0 radical (unpaired) electrons. The second kappa shape index (κ2) is 5.14. The molecule has 1 fully saturated rings. The fraction of sp³-hybridized carbons (Fsp3) is 0.500. The van der Waals surface area contributed by atoms with Crippen LogP contribution in [-0.4, -0.2) is 19.8 Å². The van der Waals surface area contributed by atoms with Gasteiger partial charge in [-0.15, -0.1) is 0 Å². The van der Waals surface area contributed by atoms with E-state index < -0.39 is 0 Å².